The minimum Gasteiger partial charge on any atom is -0.368 e. The Hall–Kier alpha value is -1.89. The fourth-order valence-corrected chi connectivity index (χ4v) is 2.28. The van der Waals surface area contributed by atoms with Crippen molar-refractivity contribution >= 4 is 34.2 Å². The third kappa shape index (κ3) is 5.85. The molecule has 0 bridgehead atoms. The number of aryl methyl sites for hydroxylation is 1. The maximum atomic E-state index is 12.0. The lowest BCUT2D eigenvalue weighted by atomic mass is 10.1. The van der Waals surface area contributed by atoms with Crippen LogP contribution in [0.1, 0.15) is 35.2 Å². The number of hydrogen-bond acceptors (Lipinski definition) is 3. The van der Waals surface area contributed by atoms with Crippen LogP contribution in [0.5, 0.6) is 0 Å². The number of benzene rings is 1. The first-order valence-corrected chi connectivity index (χ1v) is 7.78. The number of nitrogens with two attached hydrogens (primary N) is 1. The van der Waals surface area contributed by atoms with Crippen LogP contribution in [-0.4, -0.2) is 30.8 Å². The second-order valence-corrected chi connectivity index (χ2v) is 5.81. The Morgan fingerprint density at radius 1 is 1.36 bits per heavy atom. The molecular formula is C15H20BrN3O3. The number of unbranched alkanes of at least 4 members (excludes halogenated alkanes) is 1. The van der Waals surface area contributed by atoms with Gasteiger partial charge in [-0.1, -0.05) is 22.0 Å². The van der Waals surface area contributed by atoms with Crippen molar-refractivity contribution in [1.29, 1.82) is 0 Å². The predicted octanol–water partition coefficient (Wildman–Crippen LogP) is 1.26. The van der Waals surface area contributed by atoms with E-state index in [0.717, 1.165) is 10.0 Å². The van der Waals surface area contributed by atoms with Gasteiger partial charge in [-0.25, -0.2) is 0 Å². The van der Waals surface area contributed by atoms with Crippen LogP contribution < -0.4 is 16.4 Å². The van der Waals surface area contributed by atoms with Crippen molar-refractivity contribution in [3.05, 3.63) is 33.8 Å². The molecule has 1 atom stereocenters. The molecule has 0 aliphatic rings. The van der Waals surface area contributed by atoms with Crippen molar-refractivity contribution in [3.8, 4) is 0 Å². The van der Waals surface area contributed by atoms with E-state index in [9.17, 15) is 14.4 Å². The van der Waals surface area contributed by atoms with Crippen LogP contribution in [0.2, 0.25) is 0 Å². The largest absolute Gasteiger partial charge is 0.368 e. The standard InChI is InChI=1S/C15H20BrN3O3/c1-10-5-6-11(8-12(10)16)15(22)18-7-3-2-4-13(14(17)21)19-9-20/h5-6,8-9,13H,2-4,7H2,1H3,(H2,17,21)(H,18,22)(H,19,20). The van der Waals surface area contributed by atoms with Crippen LogP contribution in [0.3, 0.4) is 0 Å². The lowest BCUT2D eigenvalue weighted by molar-refractivity contribution is -0.122. The number of rotatable bonds is 9. The molecule has 120 valence electrons. The van der Waals surface area contributed by atoms with E-state index in [4.69, 9.17) is 5.73 Å². The summed E-state index contributed by atoms with van der Waals surface area (Å²) in [5.41, 5.74) is 6.81. The van der Waals surface area contributed by atoms with Gasteiger partial charge in [-0.2, -0.15) is 0 Å². The van der Waals surface area contributed by atoms with E-state index >= 15 is 0 Å². The molecule has 0 heterocycles. The molecule has 22 heavy (non-hydrogen) atoms. The van der Waals surface area contributed by atoms with Crippen LogP contribution in [-0.2, 0) is 9.59 Å². The Morgan fingerprint density at radius 3 is 2.68 bits per heavy atom. The van der Waals surface area contributed by atoms with Crippen LogP contribution >= 0.6 is 15.9 Å². The third-order valence-electron chi connectivity index (χ3n) is 3.25. The average molecular weight is 370 g/mol. The van der Waals surface area contributed by atoms with Gasteiger partial charge in [0.25, 0.3) is 5.91 Å². The molecule has 1 rings (SSSR count). The molecule has 1 aromatic carbocycles. The SMILES string of the molecule is Cc1ccc(C(=O)NCCCCC(NC=O)C(N)=O)cc1Br. The maximum absolute atomic E-state index is 12.0. The van der Waals surface area contributed by atoms with Crippen LogP contribution in [0, 0.1) is 6.92 Å². The Morgan fingerprint density at radius 2 is 2.09 bits per heavy atom. The van der Waals surface area contributed by atoms with E-state index in [-0.39, 0.29) is 5.91 Å². The van der Waals surface area contributed by atoms with Gasteiger partial charge in [-0.05, 0) is 43.9 Å². The summed E-state index contributed by atoms with van der Waals surface area (Å²) in [6.45, 7) is 2.45. The van der Waals surface area contributed by atoms with Crippen molar-refractivity contribution in [3.63, 3.8) is 0 Å². The highest BCUT2D eigenvalue weighted by Crippen LogP contribution is 2.17. The molecule has 6 nitrogen and oxygen atoms in total. The molecule has 3 amide bonds. The first-order valence-electron chi connectivity index (χ1n) is 6.99. The van der Waals surface area contributed by atoms with Crippen molar-refractivity contribution in [2.24, 2.45) is 5.73 Å². The van der Waals surface area contributed by atoms with Crippen molar-refractivity contribution in [2.75, 3.05) is 6.54 Å². The summed E-state index contributed by atoms with van der Waals surface area (Å²) in [6, 6.07) is 4.77. The zero-order chi connectivity index (χ0) is 16.5. The van der Waals surface area contributed by atoms with Gasteiger partial charge in [0.05, 0.1) is 0 Å². The van der Waals surface area contributed by atoms with E-state index in [2.05, 4.69) is 26.6 Å². The monoisotopic (exact) mass is 369 g/mol. The molecule has 0 aromatic heterocycles. The first-order chi connectivity index (χ1) is 10.5. The van der Waals surface area contributed by atoms with Gasteiger partial charge in [0.1, 0.15) is 6.04 Å². The average Bonchev–Trinajstić information content (AvgIpc) is 2.48. The number of carbonyl (C=O) groups is 3. The van der Waals surface area contributed by atoms with Gasteiger partial charge in [0.2, 0.25) is 12.3 Å². The molecule has 0 saturated heterocycles. The third-order valence-corrected chi connectivity index (χ3v) is 4.11. The lowest BCUT2D eigenvalue weighted by Crippen LogP contribution is -2.40. The molecule has 0 saturated carbocycles. The minimum atomic E-state index is -0.652. The number of hydrogen-bond donors (Lipinski definition) is 3. The van der Waals surface area contributed by atoms with Crippen LogP contribution in [0.25, 0.3) is 0 Å². The van der Waals surface area contributed by atoms with E-state index in [1.54, 1.807) is 12.1 Å². The lowest BCUT2D eigenvalue weighted by Gasteiger charge is -2.12. The molecule has 7 heteroatoms. The molecule has 1 unspecified atom stereocenters. The number of amides is 3. The second kappa shape index (κ2) is 9.19. The second-order valence-electron chi connectivity index (χ2n) is 4.96. The summed E-state index contributed by atoms with van der Waals surface area (Å²) in [5.74, 6) is -0.696. The summed E-state index contributed by atoms with van der Waals surface area (Å²) >= 11 is 3.39. The molecular weight excluding hydrogens is 350 g/mol. The molecule has 0 spiro atoms. The quantitative estimate of drug-likeness (QED) is 0.451. The van der Waals surface area contributed by atoms with Gasteiger partial charge in [-0.15, -0.1) is 0 Å². The van der Waals surface area contributed by atoms with Gasteiger partial charge >= 0.3 is 0 Å². The summed E-state index contributed by atoms with van der Waals surface area (Å²) in [4.78, 5) is 33.3. The summed E-state index contributed by atoms with van der Waals surface area (Å²) in [5, 5.41) is 5.19. The molecule has 0 aliphatic heterocycles. The van der Waals surface area contributed by atoms with Crippen molar-refractivity contribution in [1.82, 2.24) is 10.6 Å². The molecule has 0 fully saturated rings. The topological polar surface area (TPSA) is 101 Å². The highest BCUT2D eigenvalue weighted by Gasteiger charge is 2.13. The molecule has 4 N–H and O–H groups in total. The summed E-state index contributed by atoms with van der Waals surface area (Å²) < 4.78 is 0.893. The van der Waals surface area contributed by atoms with Crippen molar-refractivity contribution in [2.45, 2.75) is 32.2 Å². The van der Waals surface area contributed by atoms with E-state index < -0.39 is 11.9 Å². The van der Waals surface area contributed by atoms with Crippen LogP contribution in [0.15, 0.2) is 22.7 Å². The maximum Gasteiger partial charge on any atom is 0.251 e. The van der Waals surface area contributed by atoms with Gasteiger partial charge < -0.3 is 16.4 Å². The Bertz CT molecular complexity index is 549. The van der Waals surface area contributed by atoms with Gasteiger partial charge in [0.15, 0.2) is 0 Å². The fraction of sp³-hybridized carbons (Fsp3) is 0.400. The van der Waals surface area contributed by atoms with Crippen LogP contribution in [0.4, 0.5) is 0 Å². The highest BCUT2D eigenvalue weighted by atomic mass is 79.9. The minimum absolute atomic E-state index is 0.141. The van der Waals surface area contributed by atoms with Gasteiger partial charge in [-0.3, -0.25) is 14.4 Å². The molecule has 0 radical (unpaired) electrons. The highest BCUT2D eigenvalue weighted by molar-refractivity contribution is 9.10. The Kier molecular flexibility index (Phi) is 7.59. The zero-order valence-corrected chi connectivity index (χ0v) is 14.0. The van der Waals surface area contributed by atoms with E-state index in [1.165, 1.54) is 0 Å². The smallest absolute Gasteiger partial charge is 0.251 e. The predicted molar refractivity (Wildman–Crippen MR) is 87.2 cm³/mol. The first kappa shape index (κ1) is 18.2. The number of halogens is 1. The molecule has 0 aliphatic carbocycles. The number of carbonyl (C=O) groups excluding carboxylic acids is 3. The molecule has 1 aromatic rings. The summed E-state index contributed by atoms with van der Waals surface area (Å²) in [6.07, 6.45) is 2.29. The number of nitrogens with one attached hydrogen (secondary N) is 2. The number of primary amides is 1. The Balaban J connectivity index is 2.32. The normalized spacial score (nSPS) is 11.5. The van der Waals surface area contributed by atoms with Gasteiger partial charge in [0, 0.05) is 16.6 Å². The fourth-order valence-electron chi connectivity index (χ4n) is 1.90. The zero-order valence-electron chi connectivity index (χ0n) is 12.4. The summed E-state index contributed by atoms with van der Waals surface area (Å²) in [7, 11) is 0. The Labute approximate surface area is 138 Å². The van der Waals surface area contributed by atoms with E-state index in [1.807, 2.05) is 13.0 Å². The van der Waals surface area contributed by atoms with E-state index in [0.29, 0.717) is 37.8 Å². The van der Waals surface area contributed by atoms with Crippen molar-refractivity contribution < 1.29 is 14.4 Å².